The van der Waals surface area contributed by atoms with Crippen molar-refractivity contribution >= 4 is 28.7 Å². The zero-order valence-corrected chi connectivity index (χ0v) is 10.2. The fourth-order valence-electron chi connectivity index (χ4n) is 1.99. The third-order valence-corrected chi connectivity index (χ3v) is 3.40. The highest BCUT2D eigenvalue weighted by atomic mass is 32.1. The van der Waals surface area contributed by atoms with E-state index in [0.717, 1.165) is 17.2 Å². The molecule has 0 aromatic heterocycles. The zero-order chi connectivity index (χ0) is 12.1. The van der Waals surface area contributed by atoms with Gasteiger partial charge in [-0.05, 0) is 22.8 Å². The normalized spacial score (nSPS) is 12.2. The second-order valence-electron chi connectivity index (χ2n) is 4.02. The van der Waals surface area contributed by atoms with Gasteiger partial charge in [0, 0.05) is 4.21 Å². The molecule has 0 radical (unpaired) electrons. The van der Waals surface area contributed by atoms with E-state index < -0.39 is 0 Å². The monoisotopic (exact) mass is 245 g/mol. The van der Waals surface area contributed by atoms with Gasteiger partial charge in [-0.1, -0.05) is 42.5 Å². The molecule has 0 N–H and O–H groups in total. The first-order chi connectivity index (χ1) is 8.35. The molecule has 0 bridgehead atoms. The minimum Gasteiger partial charge on any atom is -0.303 e. The van der Waals surface area contributed by atoms with Gasteiger partial charge in [-0.15, -0.1) is 0 Å². The van der Waals surface area contributed by atoms with Gasteiger partial charge in [0.05, 0.1) is 5.92 Å². The fraction of sp³-hybridized carbons (Fsp3) is 0.214. The summed E-state index contributed by atoms with van der Waals surface area (Å²) >= 11 is 0.478. The first kappa shape index (κ1) is 11.9. The molecule has 17 heavy (non-hydrogen) atoms. The van der Waals surface area contributed by atoms with Gasteiger partial charge < -0.3 is 4.79 Å². The smallest absolute Gasteiger partial charge is 0.303 e. The predicted octanol–water partition coefficient (Wildman–Crippen LogP) is 2.63. The third kappa shape index (κ3) is 2.74. The van der Waals surface area contributed by atoms with Crippen LogP contribution >= 0.6 is 0 Å². The SMILES string of the molecule is O=CC(C[S+]=O)Cc1cccc2ccccc12. The predicted molar refractivity (Wildman–Crippen MR) is 70.1 cm³/mol. The summed E-state index contributed by atoms with van der Waals surface area (Å²) in [4.78, 5) is 10.9. The van der Waals surface area contributed by atoms with Crippen LogP contribution in [0.15, 0.2) is 42.5 Å². The average molecular weight is 245 g/mol. The van der Waals surface area contributed by atoms with Crippen LogP contribution in [-0.4, -0.2) is 12.0 Å². The second-order valence-corrected chi connectivity index (χ2v) is 4.59. The van der Waals surface area contributed by atoms with Crippen molar-refractivity contribution in [2.45, 2.75) is 6.42 Å². The minimum atomic E-state index is -0.191. The number of aldehydes is 1. The highest BCUT2D eigenvalue weighted by Gasteiger charge is 2.16. The van der Waals surface area contributed by atoms with E-state index in [2.05, 4.69) is 18.2 Å². The first-order valence-electron chi connectivity index (χ1n) is 5.52. The van der Waals surface area contributed by atoms with Crippen LogP contribution in [0.5, 0.6) is 0 Å². The molecule has 2 aromatic rings. The molecular weight excluding hydrogens is 232 g/mol. The first-order valence-corrected chi connectivity index (χ1v) is 6.43. The summed E-state index contributed by atoms with van der Waals surface area (Å²) in [6.07, 6.45) is 1.52. The van der Waals surface area contributed by atoms with Crippen LogP contribution in [0.4, 0.5) is 0 Å². The summed E-state index contributed by atoms with van der Waals surface area (Å²) < 4.78 is 10.5. The number of carbonyl (C=O) groups is 1. The Morgan fingerprint density at radius 1 is 1.12 bits per heavy atom. The van der Waals surface area contributed by atoms with E-state index in [0.29, 0.717) is 23.8 Å². The largest absolute Gasteiger partial charge is 0.459 e. The number of fused-ring (bicyclic) bond motifs is 1. The minimum absolute atomic E-state index is 0.191. The summed E-state index contributed by atoms with van der Waals surface area (Å²) in [5.74, 6) is 0.149. The maximum absolute atomic E-state index is 10.9. The Bertz CT molecular complexity index is 531. The number of rotatable bonds is 5. The maximum atomic E-state index is 10.9. The van der Waals surface area contributed by atoms with E-state index in [9.17, 15) is 9.00 Å². The van der Waals surface area contributed by atoms with Gasteiger partial charge in [-0.25, -0.2) is 0 Å². The van der Waals surface area contributed by atoms with E-state index in [-0.39, 0.29) is 5.92 Å². The molecule has 2 aromatic carbocycles. The number of hydrogen-bond donors (Lipinski definition) is 0. The highest BCUT2D eigenvalue weighted by Crippen LogP contribution is 2.20. The van der Waals surface area contributed by atoms with Crippen LogP contribution in [-0.2, 0) is 27.1 Å². The van der Waals surface area contributed by atoms with Crippen molar-refractivity contribution < 1.29 is 9.00 Å². The van der Waals surface area contributed by atoms with Crippen LogP contribution in [0.2, 0.25) is 0 Å². The van der Waals surface area contributed by atoms with Crippen molar-refractivity contribution in [1.82, 2.24) is 0 Å². The molecule has 0 saturated heterocycles. The van der Waals surface area contributed by atoms with Crippen molar-refractivity contribution in [2.24, 2.45) is 5.92 Å². The van der Waals surface area contributed by atoms with Gasteiger partial charge in [0.15, 0.2) is 0 Å². The topological polar surface area (TPSA) is 34.1 Å². The summed E-state index contributed by atoms with van der Waals surface area (Å²) in [7, 11) is 0. The lowest BCUT2D eigenvalue weighted by Crippen LogP contribution is -2.10. The summed E-state index contributed by atoms with van der Waals surface area (Å²) in [5.41, 5.74) is 1.13. The Balaban J connectivity index is 2.34. The van der Waals surface area contributed by atoms with Crippen LogP contribution in [0.3, 0.4) is 0 Å². The highest BCUT2D eigenvalue weighted by molar-refractivity contribution is 7.65. The molecule has 86 valence electrons. The summed E-state index contributed by atoms with van der Waals surface area (Å²) in [6, 6.07) is 14.2. The lowest BCUT2D eigenvalue weighted by molar-refractivity contribution is -0.110. The maximum Gasteiger partial charge on any atom is 0.459 e. The average Bonchev–Trinajstić information content (AvgIpc) is 2.38. The quantitative estimate of drug-likeness (QED) is 0.599. The van der Waals surface area contributed by atoms with Gasteiger partial charge in [-0.3, -0.25) is 0 Å². The van der Waals surface area contributed by atoms with Crippen molar-refractivity contribution in [3.63, 3.8) is 0 Å². The Labute approximate surface area is 104 Å². The van der Waals surface area contributed by atoms with E-state index in [1.807, 2.05) is 24.3 Å². The van der Waals surface area contributed by atoms with Gasteiger partial charge in [0.2, 0.25) is 5.75 Å². The van der Waals surface area contributed by atoms with Crippen molar-refractivity contribution in [3.05, 3.63) is 48.0 Å². The number of carbonyl (C=O) groups excluding carboxylic acids is 1. The molecule has 2 rings (SSSR count). The molecule has 0 fully saturated rings. The Morgan fingerprint density at radius 3 is 2.65 bits per heavy atom. The van der Waals surface area contributed by atoms with Crippen molar-refractivity contribution in [3.8, 4) is 0 Å². The zero-order valence-electron chi connectivity index (χ0n) is 9.34. The molecule has 0 aliphatic carbocycles. The Morgan fingerprint density at radius 2 is 1.88 bits per heavy atom. The van der Waals surface area contributed by atoms with Crippen LogP contribution in [0.25, 0.3) is 10.8 Å². The van der Waals surface area contributed by atoms with E-state index in [1.165, 1.54) is 5.39 Å². The lowest BCUT2D eigenvalue weighted by Gasteiger charge is -2.07. The molecule has 0 amide bonds. The fourth-order valence-corrected chi connectivity index (χ4v) is 2.36. The van der Waals surface area contributed by atoms with Crippen LogP contribution < -0.4 is 0 Å². The van der Waals surface area contributed by atoms with E-state index in [4.69, 9.17) is 0 Å². The van der Waals surface area contributed by atoms with E-state index in [1.54, 1.807) is 0 Å². The van der Waals surface area contributed by atoms with E-state index >= 15 is 0 Å². The lowest BCUT2D eigenvalue weighted by atomic mass is 9.97. The Kier molecular flexibility index (Phi) is 3.94. The Hall–Kier alpha value is -1.61. The van der Waals surface area contributed by atoms with Crippen LogP contribution in [0.1, 0.15) is 5.56 Å². The van der Waals surface area contributed by atoms with Gasteiger partial charge in [-0.2, -0.15) is 0 Å². The number of hydrogen-bond acceptors (Lipinski definition) is 2. The molecular formula is C14H13O2S+. The molecule has 1 unspecified atom stereocenters. The van der Waals surface area contributed by atoms with Crippen molar-refractivity contribution in [1.29, 1.82) is 0 Å². The molecule has 0 aliphatic heterocycles. The molecule has 0 saturated carbocycles. The van der Waals surface area contributed by atoms with Crippen LogP contribution in [0, 0.1) is 5.92 Å². The molecule has 1 atom stereocenters. The number of benzene rings is 2. The summed E-state index contributed by atoms with van der Waals surface area (Å²) in [5, 5.41) is 2.34. The molecule has 0 heterocycles. The van der Waals surface area contributed by atoms with Gasteiger partial charge in [0.25, 0.3) is 0 Å². The second kappa shape index (κ2) is 5.64. The molecule has 3 heteroatoms. The third-order valence-electron chi connectivity index (χ3n) is 2.84. The summed E-state index contributed by atoms with van der Waals surface area (Å²) in [6.45, 7) is 0. The van der Waals surface area contributed by atoms with Crippen molar-refractivity contribution in [2.75, 3.05) is 5.75 Å². The standard InChI is InChI=1S/C14H13O2S/c15-9-11(10-17-16)8-13-6-3-5-12-4-1-2-7-14(12)13/h1-7,9,11H,8,10H2/q+1. The molecule has 0 spiro atoms. The van der Waals surface area contributed by atoms with Gasteiger partial charge >= 0.3 is 11.7 Å². The molecule has 0 aliphatic rings. The van der Waals surface area contributed by atoms with Gasteiger partial charge in [0.1, 0.15) is 6.29 Å². The molecule has 2 nitrogen and oxygen atoms in total.